The second kappa shape index (κ2) is 5.18. The van der Waals surface area contributed by atoms with Crippen LogP contribution in [0, 0.1) is 20.8 Å². The van der Waals surface area contributed by atoms with Crippen LogP contribution in [0.3, 0.4) is 0 Å². The Bertz CT molecular complexity index is 783. The first-order valence-corrected chi connectivity index (χ1v) is 7.06. The third kappa shape index (κ3) is 2.30. The van der Waals surface area contributed by atoms with Crippen molar-refractivity contribution in [1.29, 1.82) is 0 Å². The van der Waals surface area contributed by atoms with Gasteiger partial charge in [0, 0.05) is 5.56 Å². The van der Waals surface area contributed by atoms with Crippen molar-refractivity contribution in [3.8, 4) is 22.7 Å². The molecule has 3 aromatic rings. The summed E-state index contributed by atoms with van der Waals surface area (Å²) in [5.41, 5.74) is 11.5. The van der Waals surface area contributed by atoms with E-state index < -0.39 is 0 Å². The van der Waals surface area contributed by atoms with Gasteiger partial charge >= 0.3 is 0 Å². The molecule has 5 nitrogen and oxygen atoms in total. The van der Waals surface area contributed by atoms with Crippen LogP contribution in [0.15, 0.2) is 36.4 Å². The molecule has 1 aromatic heterocycles. The predicted octanol–water partition coefficient (Wildman–Crippen LogP) is 3.15. The monoisotopic (exact) mass is 294 g/mol. The van der Waals surface area contributed by atoms with Crippen molar-refractivity contribution in [3.63, 3.8) is 0 Å². The maximum Gasteiger partial charge on any atom is 0.156 e. The van der Waals surface area contributed by atoms with Gasteiger partial charge in [0.05, 0.1) is 0 Å². The number of nitrogen functional groups attached to an aromatic ring is 1. The van der Waals surface area contributed by atoms with E-state index in [2.05, 4.69) is 16.4 Å². The molecule has 0 spiro atoms. The zero-order valence-electron chi connectivity index (χ0n) is 12.8. The molecule has 3 N–H and O–H groups in total. The lowest BCUT2D eigenvalue weighted by Gasteiger charge is -2.08. The average molecular weight is 294 g/mol. The number of aryl methyl sites for hydroxylation is 3. The van der Waals surface area contributed by atoms with Crippen molar-refractivity contribution in [2.75, 3.05) is 5.73 Å². The van der Waals surface area contributed by atoms with Gasteiger partial charge in [0.25, 0.3) is 0 Å². The topological polar surface area (TPSA) is 77.0 Å². The largest absolute Gasteiger partial charge is 0.506 e. The van der Waals surface area contributed by atoms with Crippen LogP contribution in [0.4, 0.5) is 5.82 Å². The van der Waals surface area contributed by atoms with Crippen LogP contribution < -0.4 is 5.73 Å². The van der Waals surface area contributed by atoms with E-state index in [0.717, 1.165) is 16.7 Å². The van der Waals surface area contributed by atoms with E-state index in [4.69, 9.17) is 5.73 Å². The summed E-state index contributed by atoms with van der Waals surface area (Å²) in [5.74, 6) is 0.537. The normalized spacial score (nSPS) is 10.9. The summed E-state index contributed by atoms with van der Waals surface area (Å²) in [4.78, 5) is 0. The summed E-state index contributed by atoms with van der Waals surface area (Å²) in [6.07, 6.45) is 0. The van der Waals surface area contributed by atoms with Gasteiger partial charge in [0.15, 0.2) is 5.82 Å². The zero-order valence-corrected chi connectivity index (χ0v) is 12.8. The fraction of sp³-hybridized carbons (Fsp3) is 0.176. The molecule has 0 aliphatic heterocycles. The molecular formula is C17H18N4O. The van der Waals surface area contributed by atoms with Gasteiger partial charge < -0.3 is 10.8 Å². The lowest BCUT2D eigenvalue weighted by atomic mass is 10.0. The van der Waals surface area contributed by atoms with Crippen LogP contribution in [-0.2, 0) is 0 Å². The van der Waals surface area contributed by atoms with Crippen LogP contribution in [0.1, 0.15) is 16.7 Å². The first-order chi connectivity index (χ1) is 10.5. The molecular weight excluding hydrogens is 276 g/mol. The van der Waals surface area contributed by atoms with Crippen molar-refractivity contribution >= 4 is 5.82 Å². The second-order valence-electron chi connectivity index (χ2n) is 5.55. The number of phenolic OH excluding ortho intramolecular Hbond substituents is 1. The standard InChI is InChI=1S/C17H18N4O/c1-10-4-6-13(12(3)8-10)16-17(18)21(20-19-16)14-7-5-11(2)9-15(14)22/h4-9,22H,18H2,1-3H3. The number of hydrogen-bond acceptors (Lipinski definition) is 4. The fourth-order valence-corrected chi connectivity index (χ4v) is 2.55. The van der Waals surface area contributed by atoms with Crippen LogP contribution in [0.25, 0.3) is 16.9 Å². The third-order valence-electron chi connectivity index (χ3n) is 3.70. The van der Waals surface area contributed by atoms with Crippen LogP contribution >= 0.6 is 0 Å². The summed E-state index contributed by atoms with van der Waals surface area (Å²) in [7, 11) is 0. The molecule has 0 fully saturated rings. The molecule has 0 saturated carbocycles. The first-order valence-electron chi connectivity index (χ1n) is 7.06. The summed E-state index contributed by atoms with van der Waals surface area (Å²) in [6.45, 7) is 5.97. The highest BCUT2D eigenvalue weighted by molar-refractivity contribution is 5.74. The number of rotatable bonds is 2. The SMILES string of the molecule is Cc1ccc(-c2nnn(-c3ccc(C)cc3O)c2N)c(C)c1. The van der Waals surface area contributed by atoms with Gasteiger partial charge in [-0.2, -0.15) is 4.68 Å². The first kappa shape index (κ1) is 14.1. The number of aromatic nitrogens is 3. The number of phenols is 1. The number of aromatic hydroxyl groups is 1. The quantitative estimate of drug-likeness (QED) is 0.761. The highest BCUT2D eigenvalue weighted by atomic mass is 16.3. The van der Waals surface area contributed by atoms with Crippen molar-refractivity contribution < 1.29 is 5.11 Å². The van der Waals surface area contributed by atoms with Crippen molar-refractivity contribution in [2.45, 2.75) is 20.8 Å². The summed E-state index contributed by atoms with van der Waals surface area (Å²) in [5, 5.41) is 18.4. The van der Waals surface area contributed by atoms with E-state index in [1.54, 1.807) is 12.1 Å². The predicted molar refractivity (Wildman–Crippen MR) is 87.1 cm³/mol. The highest BCUT2D eigenvalue weighted by Gasteiger charge is 2.16. The smallest absolute Gasteiger partial charge is 0.156 e. The minimum Gasteiger partial charge on any atom is -0.506 e. The molecule has 3 rings (SSSR count). The van der Waals surface area contributed by atoms with Gasteiger partial charge in [-0.05, 0) is 44.0 Å². The van der Waals surface area contributed by atoms with E-state index in [0.29, 0.717) is 17.2 Å². The Balaban J connectivity index is 2.13. The number of hydrogen-bond donors (Lipinski definition) is 2. The summed E-state index contributed by atoms with van der Waals surface area (Å²) >= 11 is 0. The van der Waals surface area contributed by atoms with Crippen molar-refractivity contribution in [1.82, 2.24) is 15.0 Å². The minimum absolute atomic E-state index is 0.128. The molecule has 0 atom stereocenters. The second-order valence-corrected chi connectivity index (χ2v) is 5.55. The van der Waals surface area contributed by atoms with E-state index in [1.165, 1.54) is 10.2 Å². The van der Waals surface area contributed by atoms with Gasteiger partial charge in [0.1, 0.15) is 17.1 Å². The van der Waals surface area contributed by atoms with E-state index in [9.17, 15) is 5.11 Å². The van der Waals surface area contributed by atoms with Gasteiger partial charge in [-0.3, -0.25) is 0 Å². The maximum atomic E-state index is 10.1. The van der Waals surface area contributed by atoms with E-state index in [1.807, 2.05) is 39.0 Å². The molecule has 5 heteroatoms. The Morgan fingerprint density at radius 2 is 1.68 bits per heavy atom. The molecule has 0 amide bonds. The molecule has 0 aliphatic rings. The number of anilines is 1. The minimum atomic E-state index is 0.128. The Hall–Kier alpha value is -2.82. The van der Waals surface area contributed by atoms with Gasteiger partial charge in [-0.25, -0.2) is 0 Å². The lowest BCUT2D eigenvalue weighted by molar-refractivity contribution is 0.469. The Morgan fingerprint density at radius 3 is 2.36 bits per heavy atom. The van der Waals surface area contributed by atoms with Gasteiger partial charge in [-0.1, -0.05) is 35.0 Å². The van der Waals surface area contributed by atoms with Gasteiger partial charge in [0.2, 0.25) is 0 Å². The molecule has 0 radical (unpaired) electrons. The molecule has 0 aliphatic carbocycles. The number of benzene rings is 2. The molecule has 112 valence electrons. The van der Waals surface area contributed by atoms with E-state index in [-0.39, 0.29) is 5.75 Å². The Morgan fingerprint density at radius 1 is 1.00 bits per heavy atom. The molecule has 0 saturated heterocycles. The highest BCUT2D eigenvalue weighted by Crippen LogP contribution is 2.31. The number of nitrogens with zero attached hydrogens (tertiary/aromatic N) is 3. The Kier molecular flexibility index (Phi) is 3.33. The van der Waals surface area contributed by atoms with Crippen molar-refractivity contribution in [2.24, 2.45) is 0 Å². The molecule has 1 heterocycles. The Labute approximate surface area is 129 Å². The molecule has 0 unspecified atom stereocenters. The van der Waals surface area contributed by atoms with Crippen LogP contribution in [0.5, 0.6) is 5.75 Å². The van der Waals surface area contributed by atoms with Crippen molar-refractivity contribution in [3.05, 3.63) is 53.1 Å². The average Bonchev–Trinajstić information content (AvgIpc) is 2.81. The molecule has 0 bridgehead atoms. The fourth-order valence-electron chi connectivity index (χ4n) is 2.55. The lowest BCUT2D eigenvalue weighted by Crippen LogP contribution is -2.03. The summed E-state index contributed by atoms with van der Waals surface area (Å²) in [6, 6.07) is 11.4. The molecule has 22 heavy (non-hydrogen) atoms. The molecule has 2 aromatic carbocycles. The third-order valence-corrected chi connectivity index (χ3v) is 3.70. The van der Waals surface area contributed by atoms with Gasteiger partial charge in [-0.15, -0.1) is 5.10 Å². The summed E-state index contributed by atoms with van der Waals surface area (Å²) < 4.78 is 1.46. The van der Waals surface area contributed by atoms with E-state index >= 15 is 0 Å². The zero-order chi connectivity index (χ0) is 15.9. The maximum absolute atomic E-state index is 10.1. The van der Waals surface area contributed by atoms with Crippen LogP contribution in [-0.4, -0.2) is 20.1 Å². The number of nitrogens with two attached hydrogens (primary N) is 1. The van der Waals surface area contributed by atoms with Crippen LogP contribution in [0.2, 0.25) is 0 Å².